The number of likely N-dealkylation sites (N-methyl/N-ethyl adjacent to an activating group) is 1. The fraction of sp³-hybridized carbons (Fsp3) is 0.875. The Balaban J connectivity index is 2.50. The fourth-order valence-corrected chi connectivity index (χ4v) is 1.58. The van der Waals surface area contributed by atoms with Gasteiger partial charge in [0, 0.05) is 25.7 Å². The van der Waals surface area contributed by atoms with Gasteiger partial charge in [0.1, 0.15) is 6.23 Å². The largest absolute Gasteiger partial charge is 0.395 e. The molecule has 1 aliphatic rings. The minimum absolute atomic E-state index is 0.0243. The lowest BCUT2D eigenvalue weighted by Gasteiger charge is -2.40. The van der Waals surface area contributed by atoms with Crippen molar-refractivity contribution in [2.24, 2.45) is 0 Å². The van der Waals surface area contributed by atoms with Crippen molar-refractivity contribution in [2.75, 3.05) is 33.3 Å². The topological polar surface area (TPSA) is 46.9 Å². The number of aliphatic hydroxyl groups is 2. The van der Waals surface area contributed by atoms with Gasteiger partial charge in [0.25, 0.3) is 0 Å². The quantitative estimate of drug-likeness (QED) is 0.547. The molecule has 0 aromatic rings. The van der Waals surface area contributed by atoms with E-state index in [2.05, 4.69) is 11.8 Å². The van der Waals surface area contributed by atoms with E-state index in [-0.39, 0.29) is 12.6 Å². The molecule has 1 radical (unpaired) electrons. The monoisotopic (exact) mass is 173 g/mol. The Morgan fingerprint density at radius 2 is 2.25 bits per heavy atom. The first kappa shape index (κ1) is 9.92. The maximum atomic E-state index is 9.25. The summed E-state index contributed by atoms with van der Waals surface area (Å²) in [6.45, 7) is 6.10. The summed E-state index contributed by atoms with van der Waals surface area (Å²) in [4.78, 5) is 3.96. The highest BCUT2D eigenvalue weighted by molar-refractivity contribution is 4.82. The molecule has 0 spiro atoms. The molecule has 12 heavy (non-hydrogen) atoms. The van der Waals surface area contributed by atoms with Crippen LogP contribution < -0.4 is 0 Å². The zero-order chi connectivity index (χ0) is 9.14. The molecule has 2 unspecified atom stereocenters. The van der Waals surface area contributed by atoms with Gasteiger partial charge in [-0.25, -0.2) is 0 Å². The molecule has 71 valence electrons. The van der Waals surface area contributed by atoms with Crippen LogP contribution in [0.5, 0.6) is 0 Å². The lowest BCUT2D eigenvalue weighted by atomic mass is 10.2. The summed E-state index contributed by atoms with van der Waals surface area (Å²) in [5, 5.41) is 18.3. The van der Waals surface area contributed by atoms with Crippen LogP contribution in [0, 0.1) is 6.92 Å². The van der Waals surface area contributed by atoms with Gasteiger partial charge in [0.2, 0.25) is 0 Å². The van der Waals surface area contributed by atoms with Gasteiger partial charge in [-0.3, -0.25) is 4.90 Å². The van der Waals surface area contributed by atoms with Crippen molar-refractivity contribution >= 4 is 0 Å². The van der Waals surface area contributed by atoms with Gasteiger partial charge >= 0.3 is 0 Å². The summed E-state index contributed by atoms with van der Waals surface area (Å²) in [5.41, 5.74) is 0. The van der Waals surface area contributed by atoms with E-state index in [4.69, 9.17) is 5.11 Å². The minimum atomic E-state index is -0.698. The third-order valence-corrected chi connectivity index (χ3v) is 2.32. The molecule has 0 bridgehead atoms. The molecule has 4 nitrogen and oxygen atoms in total. The van der Waals surface area contributed by atoms with E-state index in [9.17, 15) is 5.11 Å². The molecule has 0 aromatic carbocycles. The Kier molecular flexibility index (Phi) is 3.46. The summed E-state index contributed by atoms with van der Waals surface area (Å²) in [5.74, 6) is 0. The lowest BCUT2D eigenvalue weighted by molar-refractivity contribution is -0.0455. The maximum Gasteiger partial charge on any atom is 0.107 e. The van der Waals surface area contributed by atoms with Crippen LogP contribution in [0.2, 0.25) is 0 Å². The number of rotatable bonds is 2. The van der Waals surface area contributed by atoms with E-state index in [0.717, 1.165) is 19.6 Å². The molecular weight excluding hydrogens is 156 g/mol. The van der Waals surface area contributed by atoms with Crippen molar-refractivity contribution in [2.45, 2.75) is 12.3 Å². The van der Waals surface area contributed by atoms with Gasteiger partial charge in [-0.1, -0.05) is 0 Å². The van der Waals surface area contributed by atoms with Crippen LogP contribution in [0.15, 0.2) is 0 Å². The normalized spacial score (nSPS) is 30.5. The predicted molar refractivity (Wildman–Crippen MR) is 46.4 cm³/mol. The summed E-state index contributed by atoms with van der Waals surface area (Å²) in [6.07, 6.45) is -0.698. The summed E-state index contributed by atoms with van der Waals surface area (Å²) in [7, 11) is 2.01. The molecule has 0 amide bonds. The Labute approximate surface area is 73.4 Å². The van der Waals surface area contributed by atoms with Crippen molar-refractivity contribution in [3.8, 4) is 0 Å². The molecule has 0 aliphatic carbocycles. The zero-order valence-electron chi connectivity index (χ0n) is 7.48. The van der Waals surface area contributed by atoms with Gasteiger partial charge in [-0.15, -0.1) is 0 Å². The molecule has 1 heterocycles. The Bertz CT molecular complexity index is 141. The maximum absolute atomic E-state index is 9.25. The first-order valence-electron chi connectivity index (χ1n) is 4.21. The molecular formula is C8H17N2O2. The van der Waals surface area contributed by atoms with Crippen molar-refractivity contribution < 1.29 is 10.2 Å². The van der Waals surface area contributed by atoms with Crippen LogP contribution in [-0.2, 0) is 0 Å². The number of nitrogens with zero attached hydrogens (tertiary/aromatic N) is 2. The van der Waals surface area contributed by atoms with E-state index in [1.165, 1.54) is 0 Å². The molecule has 1 saturated heterocycles. The highest BCUT2D eigenvalue weighted by atomic mass is 16.3. The Morgan fingerprint density at radius 3 is 2.75 bits per heavy atom. The van der Waals surface area contributed by atoms with Crippen LogP contribution in [0.1, 0.15) is 0 Å². The second-order valence-corrected chi connectivity index (χ2v) is 3.32. The summed E-state index contributed by atoms with van der Waals surface area (Å²) in [6, 6.07) is 0.0243. The first-order valence-corrected chi connectivity index (χ1v) is 4.21. The van der Waals surface area contributed by atoms with Crippen LogP contribution in [-0.4, -0.2) is 65.6 Å². The Morgan fingerprint density at radius 1 is 1.58 bits per heavy atom. The van der Waals surface area contributed by atoms with Gasteiger partial charge in [-0.05, 0) is 14.0 Å². The minimum Gasteiger partial charge on any atom is -0.395 e. The summed E-state index contributed by atoms with van der Waals surface area (Å²) < 4.78 is 0. The second kappa shape index (κ2) is 4.18. The second-order valence-electron chi connectivity index (χ2n) is 3.32. The highest BCUT2D eigenvalue weighted by Gasteiger charge is 2.26. The van der Waals surface area contributed by atoms with Crippen molar-refractivity contribution in [3.05, 3.63) is 6.92 Å². The average Bonchev–Trinajstić information content (AvgIpc) is 2.03. The van der Waals surface area contributed by atoms with Crippen LogP contribution in [0.4, 0.5) is 0 Å². The van der Waals surface area contributed by atoms with Gasteiger partial charge in [0.05, 0.1) is 6.61 Å². The average molecular weight is 173 g/mol. The van der Waals surface area contributed by atoms with Crippen LogP contribution >= 0.6 is 0 Å². The van der Waals surface area contributed by atoms with E-state index in [1.807, 2.05) is 11.9 Å². The molecule has 2 atom stereocenters. The molecule has 4 heteroatoms. The van der Waals surface area contributed by atoms with E-state index < -0.39 is 6.23 Å². The standard InChI is InChI=1S/C8H17N2O2/c1-7(12)10-4-3-9(2)5-8(10)6-11/h7-8,11-12H,1,3-6H2,2H3. The van der Waals surface area contributed by atoms with Gasteiger partial charge in [0.15, 0.2) is 0 Å². The SMILES string of the molecule is [CH2]C(O)N1CCN(C)CC1CO. The molecule has 1 fully saturated rings. The third-order valence-electron chi connectivity index (χ3n) is 2.32. The molecule has 0 saturated carbocycles. The fourth-order valence-electron chi connectivity index (χ4n) is 1.58. The Hall–Kier alpha value is -0.160. The van der Waals surface area contributed by atoms with E-state index in [0.29, 0.717) is 0 Å². The first-order chi connectivity index (χ1) is 5.65. The number of hydrogen-bond donors (Lipinski definition) is 2. The number of hydrogen-bond acceptors (Lipinski definition) is 4. The van der Waals surface area contributed by atoms with Crippen LogP contribution in [0.3, 0.4) is 0 Å². The van der Waals surface area contributed by atoms with Crippen molar-refractivity contribution in [3.63, 3.8) is 0 Å². The molecule has 1 rings (SSSR count). The predicted octanol–water partition coefficient (Wildman–Crippen LogP) is -1.25. The van der Waals surface area contributed by atoms with Gasteiger partial charge in [-0.2, -0.15) is 0 Å². The van der Waals surface area contributed by atoms with Crippen LogP contribution in [0.25, 0.3) is 0 Å². The van der Waals surface area contributed by atoms with E-state index >= 15 is 0 Å². The third kappa shape index (κ3) is 2.17. The van der Waals surface area contributed by atoms with Crippen molar-refractivity contribution in [1.29, 1.82) is 0 Å². The highest BCUT2D eigenvalue weighted by Crippen LogP contribution is 2.09. The zero-order valence-corrected chi connectivity index (χ0v) is 7.48. The van der Waals surface area contributed by atoms with Crippen molar-refractivity contribution in [1.82, 2.24) is 9.80 Å². The number of piperazine rings is 1. The molecule has 1 aliphatic heterocycles. The lowest BCUT2D eigenvalue weighted by Crippen LogP contribution is -2.56. The van der Waals surface area contributed by atoms with Gasteiger partial charge < -0.3 is 15.1 Å². The molecule has 0 aromatic heterocycles. The number of aliphatic hydroxyl groups excluding tert-OH is 2. The molecule has 2 N–H and O–H groups in total. The summed E-state index contributed by atoms with van der Waals surface area (Å²) >= 11 is 0. The van der Waals surface area contributed by atoms with E-state index in [1.54, 1.807) is 0 Å². The smallest absolute Gasteiger partial charge is 0.107 e.